The number of alkyl carbamates (subject to hydrolysis) is 2. The molecule has 0 bridgehead atoms. The lowest BCUT2D eigenvalue weighted by atomic mass is 9.99. The number of hydrogen-bond donors (Lipinski definition) is 2. The maximum absolute atomic E-state index is 12.4. The van der Waals surface area contributed by atoms with Gasteiger partial charge in [0.1, 0.15) is 38.0 Å². The summed E-state index contributed by atoms with van der Waals surface area (Å²) in [5.74, 6) is 0. The molecule has 0 unspecified atom stereocenters. The number of carbonyl (C=O) groups excluding carboxylic acids is 2. The van der Waals surface area contributed by atoms with Gasteiger partial charge < -0.3 is 37.3 Å². The molecular formula is C37H66ClN3O5. The highest BCUT2D eigenvalue weighted by molar-refractivity contribution is 5.67. The number of nitrogens with zero attached hydrogens (tertiary/aromatic N) is 1. The van der Waals surface area contributed by atoms with Crippen molar-refractivity contribution < 1.29 is 40.8 Å². The van der Waals surface area contributed by atoms with Crippen molar-refractivity contribution >= 4 is 12.2 Å². The normalized spacial score (nSPS) is 19.0. The van der Waals surface area contributed by atoms with Gasteiger partial charge in [0.05, 0.1) is 0 Å². The molecular weight excluding hydrogens is 602 g/mol. The van der Waals surface area contributed by atoms with Crippen molar-refractivity contribution in [1.29, 1.82) is 0 Å². The van der Waals surface area contributed by atoms with Gasteiger partial charge in [0.2, 0.25) is 5.69 Å². The summed E-state index contributed by atoms with van der Waals surface area (Å²) in [6.07, 6.45) is 21.9. The van der Waals surface area contributed by atoms with Crippen LogP contribution in [0.3, 0.4) is 0 Å². The van der Waals surface area contributed by atoms with E-state index in [1.807, 2.05) is 34.7 Å². The SMILES string of the molecule is CCCCCCCCCCCCCCCCCCNC(=O)OC[C@@]1(C)CC[C@@](C)(COC(=O)NCc2cc(C)cc(C)[n+]2C)O1.[Cl-]. The van der Waals surface area contributed by atoms with Crippen molar-refractivity contribution in [1.82, 2.24) is 10.6 Å². The number of halogens is 1. The highest BCUT2D eigenvalue weighted by atomic mass is 35.5. The van der Waals surface area contributed by atoms with E-state index in [4.69, 9.17) is 14.2 Å². The fourth-order valence-corrected chi connectivity index (χ4v) is 6.22. The molecule has 8 nitrogen and oxygen atoms in total. The number of carbonyl (C=O) groups is 2. The summed E-state index contributed by atoms with van der Waals surface area (Å²) in [7, 11) is 1.98. The maximum atomic E-state index is 12.4. The van der Waals surface area contributed by atoms with Crippen molar-refractivity contribution in [2.45, 2.75) is 168 Å². The van der Waals surface area contributed by atoms with E-state index in [2.05, 4.69) is 34.3 Å². The van der Waals surface area contributed by atoms with Crippen LogP contribution < -0.4 is 27.6 Å². The smallest absolute Gasteiger partial charge is 0.407 e. The van der Waals surface area contributed by atoms with Crippen molar-refractivity contribution in [3.63, 3.8) is 0 Å². The molecule has 266 valence electrons. The molecule has 2 N–H and O–H groups in total. The number of unbranched alkanes of at least 4 members (excludes halogenated alkanes) is 15. The maximum Gasteiger partial charge on any atom is 0.407 e. The largest absolute Gasteiger partial charge is 1.00 e. The molecule has 9 heteroatoms. The first-order chi connectivity index (χ1) is 21.6. The third-order valence-electron chi connectivity index (χ3n) is 9.20. The van der Waals surface area contributed by atoms with Crippen LogP contribution in [0, 0.1) is 13.8 Å². The van der Waals surface area contributed by atoms with Gasteiger partial charge in [-0.15, -0.1) is 0 Å². The predicted molar refractivity (Wildman–Crippen MR) is 181 cm³/mol. The van der Waals surface area contributed by atoms with Gasteiger partial charge in [0.25, 0.3) is 0 Å². The Hall–Kier alpha value is -2.06. The first-order valence-electron chi connectivity index (χ1n) is 18.0. The van der Waals surface area contributed by atoms with Gasteiger partial charge in [-0.05, 0) is 45.6 Å². The van der Waals surface area contributed by atoms with E-state index in [9.17, 15) is 9.59 Å². The van der Waals surface area contributed by atoms with Gasteiger partial charge in [-0.25, -0.2) is 14.2 Å². The lowest BCUT2D eigenvalue weighted by Gasteiger charge is -2.29. The van der Waals surface area contributed by atoms with Crippen molar-refractivity contribution in [3.05, 3.63) is 29.1 Å². The van der Waals surface area contributed by atoms with Crippen molar-refractivity contribution in [2.24, 2.45) is 7.05 Å². The third kappa shape index (κ3) is 17.7. The molecule has 0 aromatic carbocycles. The second kappa shape index (κ2) is 23.3. The Morgan fingerprint density at radius 3 is 1.65 bits per heavy atom. The summed E-state index contributed by atoms with van der Waals surface area (Å²) in [4.78, 5) is 24.7. The number of hydrogen-bond acceptors (Lipinski definition) is 5. The molecule has 1 aromatic heterocycles. The fraction of sp³-hybridized carbons (Fsp3) is 0.811. The standard InChI is InChI=1S/C37H65N3O5.ClH/c1-7-8-9-10-11-12-13-14-15-16-17-18-19-20-21-22-25-38-34(41)43-29-36(4)23-24-37(5,45-36)30-44-35(42)39-28-33-27-31(2)26-32(3)40(33)6;/h26-27H,7-25,28-30H2,1-6H3,(H-,38,39,41,42);1H/t36-,37+;/m1./s1. The zero-order valence-electron chi connectivity index (χ0n) is 30.1. The third-order valence-corrected chi connectivity index (χ3v) is 9.20. The quantitative estimate of drug-likeness (QED) is 0.116. The Kier molecular flexibility index (Phi) is 21.3. The van der Waals surface area contributed by atoms with E-state index < -0.39 is 23.4 Å². The average Bonchev–Trinajstić information content (AvgIpc) is 3.32. The van der Waals surface area contributed by atoms with Gasteiger partial charge in [-0.3, -0.25) is 0 Å². The first-order valence-corrected chi connectivity index (χ1v) is 18.0. The zero-order valence-corrected chi connectivity index (χ0v) is 30.8. The molecule has 0 aliphatic carbocycles. The highest BCUT2D eigenvalue weighted by Gasteiger charge is 2.45. The molecule has 1 aromatic rings. The number of aryl methyl sites for hydroxylation is 2. The Balaban J connectivity index is 0.0000106. The van der Waals surface area contributed by atoms with E-state index >= 15 is 0 Å². The van der Waals surface area contributed by atoms with Crippen LogP contribution in [-0.4, -0.2) is 43.1 Å². The van der Waals surface area contributed by atoms with Crippen molar-refractivity contribution in [3.8, 4) is 0 Å². The molecule has 1 aliphatic rings. The second-order valence-electron chi connectivity index (χ2n) is 14.0. The minimum atomic E-state index is -0.621. The van der Waals surface area contributed by atoms with Gasteiger partial charge in [0.15, 0.2) is 5.69 Å². The lowest BCUT2D eigenvalue weighted by molar-refractivity contribution is -0.685. The molecule has 0 radical (unpaired) electrons. The Bertz CT molecular complexity index is 1010. The molecule has 2 amide bonds. The molecule has 2 heterocycles. The van der Waals surface area contributed by atoms with Crippen LogP contribution in [0.1, 0.15) is 153 Å². The van der Waals surface area contributed by atoms with Crippen molar-refractivity contribution in [2.75, 3.05) is 19.8 Å². The number of ether oxygens (including phenoxy) is 3. The second-order valence-corrected chi connectivity index (χ2v) is 14.0. The van der Waals surface area contributed by atoms with E-state index in [0.717, 1.165) is 36.2 Å². The fourth-order valence-electron chi connectivity index (χ4n) is 6.22. The van der Waals surface area contributed by atoms with E-state index in [1.54, 1.807) is 0 Å². The summed E-state index contributed by atoms with van der Waals surface area (Å²) in [6.45, 7) is 11.6. The minimum Gasteiger partial charge on any atom is -1.00 e. The Morgan fingerprint density at radius 2 is 1.17 bits per heavy atom. The monoisotopic (exact) mass is 667 g/mol. The van der Waals surface area contributed by atoms with Crippen LogP contribution in [0.5, 0.6) is 0 Å². The predicted octanol–water partition coefficient (Wildman–Crippen LogP) is 5.67. The molecule has 0 spiro atoms. The summed E-state index contributed by atoms with van der Waals surface area (Å²) in [5, 5.41) is 5.71. The van der Waals surface area contributed by atoms with Crippen LogP contribution in [0.2, 0.25) is 0 Å². The summed E-state index contributed by atoms with van der Waals surface area (Å²) >= 11 is 0. The lowest BCUT2D eigenvalue weighted by Crippen LogP contribution is -3.00. The highest BCUT2D eigenvalue weighted by Crippen LogP contribution is 2.38. The molecule has 1 saturated heterocycles. The van der Waals surface area contributed by atoms with Crippen LogP contribution in [0.15, 0.2) is 12.1 Å². The molecule has 46 heavy (non-hydrogen) atoms. The van der Waals surface area contributed by atoms with Crippen LogP contribution in [0.25, 0.3) is 0 Å². The molecule has 1 fully saturated rings. The number of rotatable bonds is 23. The summed E-state index contributed by atoms with van der Waals surface area (Å²) in [5.41, 5.74) is 2.06. The van der Waals surface area contributed by atoms with Gasteiger partial charge >= 0.3 is 12.2 Å². The van der Waals surface area contributed by atoms with Gasteiger partial charge in [-0.2, -0.15) is 0 Å². The zero-order chi connectivity index (χ0) is 33.0. The van der Waals surface area contributed by atoms with Crippen LogP contribution in [-0.2, 0) is 27.8 Å². The number of nitrogens with one attached hydrogen (secondary N) is 2. The average molecular weight is 668 g/mol. The topological polar surface area (TPSA) is 89.8 Å². The minimum absolute atomic E-state index is 0. The molecule has 0 saturated carbocycles. The van der Waals surface area contributed by atoms with Crippen LogP contribution in [0.4, 0.5) is 9.59 Å². The van der Waals surface area contributed by atoms with Gasteiger partial charge in [0, 0.05) is 25.6 Å². The van der Waals surface area contributed by atoms with E-state index in [0.29, 0.717) is 19.5 Å². The first kappa shape index (κ1) is 42.0. The van der Waals surface area contributed by atoms with E-state index in [-0.39, 0.29) is 25.6 Å². The summed E-state index contributed by atoms with van der Waals surface area (Å²) in [6, 6.07) is 4.16. The molecule has 2 rings (SSSR count). The Labute approximate surface area is 286 Å². The number of pyridine rings is 1. The summed E-state index contributed by atoms with van der Waals surface area (Å²) < 4.78 is 19.3. The van der Waals surface area contributed by atoms with E-state index in [1.165, 1.54) is 89.9 Å². The van der Waals surface area contributed by atoms with Crippen LogP contribution >= 0.6 is 0 Å². The molecule has 2 atom stereocenters. The molecule has 1 aliphatic heterocycles. The number of amides is 2. The number of aromatic nitrogens is 1. The Morgan fingerprint density at radius 1 is 0.739 bits per heavy atom. The van der Waals surface area contributed by atoms with Gasteiger partial charge in [-0.1, -0.05) is 103 Å².